The van der Waals surface area contributed by atoms with Crippen molar-refractivity contribution < 1.29 is 24.0 Å². The second kappa shape index (κ2) is 15.1. The van der Waals surface area contributed by atoms with Crippen molar-refractivity contribution in [3.8, 4) is 12.3 Å². The Balaban J connectivity index is 1.82. The Morgan fingerprint density at radius 2 is 1.78 bits per heavy atom. The number of hydrogen-bond donors (Lipinski definition) is 4. The number of terminal acetylenes is 1. The van der Waals surface area contributed by atoms with Gasteiger partial charge in [0.1, 0.15) is 12.1 Å². The fourth-order valence-corrected chi connectivity index (χ4v) is 7.99. The van der Waals surface area contributed by atoms with Gasteiger partial charge in [-0.3, -0.25) is 19.2 Å². The van der Waals surface area contributed by atoms with Gasteiger partial charge in [-0.25, -0.2) is 4.79 Å². The second-order valence-electron chi connectivity index (χ2n) is 14.4. The Hall–Kier alpha value is -3.00. The number of carbonyl (C=O) groups is 5. The van der Waals surface area contributed by atoms with Gasteiger partial charge in [-0.1, -0.05) is 66.9 Å². The van der Waals surface area contributed by atoms with Crippen molar-refractivity contribution >= 4 is 41.3 Å². The summed E-state index contributed by atoms with van der Waals surface area (Å²) in [4.78, 5) is 68.8. The highest BCUT2D eigenvalue weighted by Crippen LogP contribution is 2.65. The highest BCUT2D eigenvalue weighted by molar-refractivity contribution is 7.99. The van der Waals surface area contributed by atoms with Gasteiger partial charge < -0.3 is 26.2 Å². The number of amides is 5. The number of fused-ring (bicyclic) bond motifs is 1. The zero-order valence-electron chi connectivity index (χ0n) is 27.9. The number of rotatable bonds is 14. The quantitative estimate of drug-likeness (QED) is 0.130. The molecule has 3 fully saturated rings. The van der Waals surface area contributed by atoms with Crippen molar-refractivity contribution in [2.45, 2.75) is 110 Å². The van der Waals surface area contributed by atoms with Crippen LogP contribution < -0.4 is 21.3 Å². The molecule has 3 aliphatic rings. The van der Waals surface area contributed by atoms with E-state index in [2.05, 4.69) is 54.5 Å². The fraction of sp³-hybridized carbons (Fsp3) is 0.735. The largest absolute Gasteiger partial charge is 0.346 e. The molecule has 0 bridgehead atoms. The number of likely N-dealkylation sites (tertiary alicyclic amines) is 1. The van der Waals surface area contributed by atoms with Crippen molar-refractivity contribution in [1.29, 1.82) is 0 Å². The maximum Gasteiger partial charge on any atom is 0.315 e. The lowest BCUT2D eigenvalue weighted by Crippen LogP contribution is -2.63. The van der Waals surface area contributed by atoms with E-state index in [1.54, 1.807) is 16.7 Å². The van der Waals surface area contributed by atoms with E-state index in [0.29, 0.717) is 6.54 Å². The van der Waals surface area contributed by atoms with Crippen molar-refractivity contribution in [3.63, 3.8) is 0 Å². The van der Waals surface area contributed by atoms with Crippen molar-refractivity contribution in [1.82, 2.24) is 26.2 Å². The van der Waals surface area contributed by atoms with Crippen molar-refractivity contribution in [3.05, 3.63) is 12.7 Å². The van der Waals surface area contributed by atoms with Crippen LogP contribution in [0.5, 0.6) is 0 Å². The summed E-state index contributed by atoms with van der Waals surface area (Å²) in [5.74, 6) is 1.75. The molecule has 2 saturated carbocycles. The third-order valence-corrected chi connectivity index (χ3v) is 10.9. The highest BCUT2D eigenvalue weighted by Gasteiger charge is 2.70. The average molecular weight is 644 g/mol. The van der Waals surface area contributed by atoms with Crippen LogP contribution in [-0.4, -0.2) is 82.7 Å². The van der Waals surface area contributed by atoms with Crippen LogP contribution in [0.4, 0.5) is 4.79 Å². The van der Waals surface area contributed by atoms with E-state index >= 15 is 0 Å². The molecule has 1 saturated heterocycles. The summed E-state index contributed by atoms with van der Waals surface area (Å²) in [6, 6.07) is -3.25. The van der Waals surface area contributed by atoms with E-state index in [0.717, 1.165) is 43.6 Å². The number of nitrogens with zero attached hydrogens (tertiary/aromatic N) is 1. The molecule has 1 aliphatic heterocycles. The minimum Gasteiger partial charge on any atom is -0.346 e. The standard InChI is InChI=1S/C34H53N5O5S/c1-9-12-16-23(26(40)29(42)35-19-10-2)36-28(41)25-24-22(33(24,7)8)20-39(25)30(43)27(32(4,5)6)37-31(44)38-34(21-45-11-3)17-14-13-15-18-34/h1,10,22-25,27H,2,11-21H2,3-8H3,(H,35,42)(H,36,41)(H2,37,38,44)/t22?,23?,24?,25?,27-/m1/s1. The minimum absolute atomic E-state index is 0.0884. The van der Waals surface area contributed by atoms with Crippen LogP contribution in [0.2, 0.25) is 0 Å². The van der Waals surface area contributed by atoms with Gasteiger partial charge in [-0.05, 0) is 47.7 Å². The highest BCUT2D eigenvalue weighted by atomic mass is 32.2. The van der Waals surface area contributed by atoms with Gasteiger partial charge >= 0.3 is 6.03 Å². The molecule has 0 spiro atoms. The van der Waals surface area contributed by atoms with Gasteiger partial charge in [0.2, 0.25) is 17.6 Å². The molecule has 45 heavy (non-hydrogen) atoms. The van der Waals surface area contributed by atoms with E-state index < -0.39 is 41.1 Å². The molecule has 4 unspecified atom stereocenters. The third kappa shape index (κ3) is 8.63. The van der Waals surface area contributed by atoms with Crippen LogP contribution in [0.25, 0.3) is 0 Å². The lowest BCUT2D eigenvalue weighted by Gasteiger charge is -2.40. The molecule has 3 rings (SSSR count). The van der Waals surface area contributed by atoms with Crippen LogP contribution in [0.3, 0.4) is 0 Å². The summed E-state index contributed by atoms with van der Waals surface area (Å²) in [5, 5.41) is 11.5. The summed E-state index contributed by atoms with van der Waals surface area (Å²) in [7, 11) is 0. The smallest absolute Gasteiger partial charge is 0.315 e. The van der Waals surface area contributed by atoms with Gasteiger partial charge in [0.05, 0.1) is 11.6 Å². The summed E-state index contributed by atoms with van der Waals surface area (Å²) < 4.78 is 0. The van der Waals surface area contributed by atoms with E-state index in [4.69, 9.17) is 6.42 Å². The molecule has 0 aromatic heterocycles. The van der Waals surface area contributed by atoms with Crippen molar-refractivity contribution in [2.24, 2.45) is 22.7 Å². The molecule has 0 aromatic carbocycles. The molecular formula is C34H53N5O5S. The second-order valence-corrected chi connectivity index (χ2v) is 15.7. The minimum atomic E-state index is -1.13. The van der Waals surface area contributed by atoms with Gasteiger partial charge in [-0.2, -0.15) is 11.8 Å². The number of Topliss-reactive ketones (excluding diaryl/α,β-unsaturated/α-hetero) is 1. The first-order valence-electron chi connectivity index (χ1n) is 16.3. The first-order chi connectivity index (χ1) is 21.1. The predicted octanol–water partition coefficient (Wildman–Crippen LogP) is 3.41. The Kier molecular flexibility index (Phi) is 12.2. The van der Waals surface area contributed by atoms with Gasteiger partial charge in [0, 0.05) is 25.3 Å². The molecule has 10 nitrogen and oxygen atoms in total. The number of ketones is 1. The van der Waals surface area contributed by atoms with Crippen LogP contribution in [0.1, 0.15) is 86.5 Å². The number of piperidine rings is 1. The van der Waals surface area contributed by atoms with Crippen LogP contribution in [0.15, 0.2) is 12.7 Å². The summed E-state index contributed by atoms with van der Waals surface area (Å²) in [5.41, 5.74) is -1.14. The number of carbonyl (C=O) groups excluding carboxylic acids is 5. The third-order valence-electron chi connectivity index (χ3n) is 9.76. The Morgan fingerprint density at radius 3 is 2.36 bits per heavy atom. The van der Waals surface area contributed by atoms with Gasteiger partial charge in [0.15, 0.2) is 0 Å². The molecule has 4 N–H and O–H groups in total. The SMILES string of the molecule is C#CCCC(NC(=O)C1C2C(CN1C(=O)[C@@H](NC(=O)NC1(CSCC)CCCCC1)C(C)(C)C)C2(C)C)C(=O)C(=O)NCC=C. The molecule has 5 amide bonds. The molecule has 2 aliphatic carbocycles. The molecule has 1 heterocycles. The number of urea groups is 1. The van der Waals surface area contributed by atoms with Gasteiger partial charge in [0.25, 0.3) is 5.91 Å². The van der Waals surface area contributed by atoms with Gasteiger partial charge in [-0.15, -0.1) is 18.9 Å². The van der Waals surface area contributed by atoms with E-state index in [1.165, 1.54) is 6.08 Å². The zero-order chi connectivity index (χ0) is 33.6. The molecular weight excluding hydrogens is 590 g/mol. The maximum absolute atomic E-state index is 14.3. The molecule has 0 aromatic rings. The molecule has 0 radical (unpaired) electrons. The lowest BCUT2D eigenvalue weighted by atomic mass is 9.83. The number of thioether (sulfide) groups is 1. The Bertz CT molecular complexity index is 1180. The molecule has 250 valence electrons. The Labute approximate surface area is 273 Å². The average Bonchev–Trinajstić information content (AvgIpc) is 3.29. The molecule has 11 heteroatoms. The number of hydrogen-bond acceptors (Lipinski definition) is 6. The van der Waals surface area contributed by atoms with Crippen LogP contribution >= 0.6 is 11.8 Å². The lowest BCUT2D eigenvalue weighted by molar-refractivity contribution is -0.145. The number of nitrogens with one attached hydrogen (secondary N) is 4. The maximum atomic E-state index is 14.3. The molecule has 5 atom stereocenters. The Morgan fingerprint density at radius 1 is 1.11 bits per heavy atom. The van der Waals surface area contributed by atoms with E-state index in [9.17, 15) is 24.0 Å². The monoisotopic (exact) mass is 643 g/mol. The van der Waals surface area contributed by atoms with Crippen LogP contribution in [0, 0.1) is 35.0 Å². The summed E-state index contributed by atoms with van der Waals surface area (Å²) in [6.45, 7) is 15.9. The van der Waals surface area contributed by atoms with E-state index in [1.807, 2.05) is 20.8 Å². The first kappa shape index (κ1) is 36.5. The summed E-state index contributed by atoms with van der Waals surface area (Å²) >= 11 is 1.81. The van der Waals surface area contributed by atoms with Crippen molar-refractivity contribution in [2.75, 3.05) is 24.6 Å². The fourth-order valence-electron chi connectivity index (χ4n) is 7.03. The summed E-state index contributed by atoms with van der Waals surface area (Å²) in [6.07, 6.45) is 12.2. The zero-order valence-corrected chi connectivity index (χ0v) is 28.7. The normalized spacial score (nSPS) is 24.2. The topological polar surface area (TPSA) is 137 Å². The predicted molar refractivity (Wildman–Crippen MR) is 178 cm³/mol. The van der Waals surface area contributed by atoms with E-state index in [-0.39, 0.29) is 54.1 Å². The van der Waals surface area contributed by atoms with Crippen LogP contribution in [-0.2, 0) is 19.2 Å². The first-order valence-corrected chi connectivity index (χ1v) is 17.4.